The molecule has 0 unspecified atom stereocenters. The first-order valence-corrected chi connectivity index (χ1v) is 5.13. The van der Waals surface area contributed by atoms with Crippen LogP contribution in [0, 0.1) is 6.92 Å². The van der Waals surface area contributed by atoms with Crippen molar-refractivity contribution in [1.82, 2.24) is 4.98 Å². The number of nitrogens with zero attached hydrogens (tertiary/aromatic N) is 1. The Morgan fingerprint density at radius 1 is 1.31 bits per heavy atom. The molecule has 13 heavy (non-hydrogen) atoms. The molecule has 66 valence electrons. The summed E-state index contributed by atoms with van der Waals surface area (Å²) in [5.74, 6) is 0. The van der Waals surface area contributed by atoms with E-state index in [2.05, 4.69) is 11.9 Å². The smallest absolute Gasteiger partial charge is 0.0934 e. The van der Waals surface area contributed by atoms with Crippen molar-refractivity contribution in [2.75, 3.05) is 0 Å². The van der Waals surface area contributed by atoms with Crippen molar-refractivity contribution in [1.29, 1.82) is 0 Å². The highest BCUT2D eigenvalue weighted by Crippen LogP contribution is 2.32. The van der Waals surface area contributed by atoms with E-state index in [1.165, 1.54) is 16.0 Å². The zero-order valence-corrected chi connectivity index (χ0v) is 8.69. The molecule has 0 bridgehead atoms. The number of aryl methyl sites for hydroxylation is 1. The molecule has 3 heteroatoms. The normalized spacial score (nSPS) is 10.3. The van der Waals surface area contributed by atoms with Crippen LogP contribution in [0.1, 0.15) is 5.56 Å². The van der Waals surface area contributed by atoms with Crippen LogP contribution < -0.4 is 0 Å². The maximum Gasteiger partial charge on any atom is 0.0934 e. The lowest BCUT2D eigenvalue weighted by Gasteiger charge is -1.99. The zero-order chi connectivity index (χ0) is 9.26. The number of thiophene rings is 1. The van der Waals surface area contributed by atoms with Crippen LogP contribution in [0.25, 0.3) is 10.4 Å². The molecule has 0 radical (unpaired) electrons. The number of hydrogen-bond acceptors (Lipinski definition) is 2. The van der Waals surface area contributed by atoms with Crippen molar-refractivity contribution in [3.05, 3.63) is 40.5 Å². The Morgan fingerprint density at radius 3 is 2.77 bits per heavy atom. The van der Waals surface area contributed by atoms with Crippen LogP contribution >= 0.6 is 22.9 Å². The van der Waals surface area contributed by atoms with Crippen molar-refractivity contribution in [3.8, 4) is 10.4 Å². The summed E-state index contributed by atoms with van der Waals surface area (Å²) in [6, 6.07) is 5.94. The molecule has 0 aliphatic heterocycles. The third kappa shape index (κ3) is 1.74. The van der Waals surface area contributed by atoms with E-state index < -0.39 is 0 Å². The van der Waals surface area contributed by atoms with Gasteiger partial charge in [-0.15, -0.1) is 11.3 Å². The second kappa shape index (κ2) is 3.48. The van der Waals surface area contributed by atoms with Gasteiger partial charge >= 0.3 is 0 Å². The molecular weight excluding hydrogens is 202 g/mol. The molecule has 0 atom stereocenters. The van der Waals surface area contributed by atoms with Crippen LogP contribution in [0.4, 0.5) is 0 Å². The van der Waals surface area contributed by atoms with E-state index in [-0.39, 0.29) is 0 Å². The monoisotopic (exact) mass is 209 g/mol. The number of hydrogen-bond donors (Lipinski definition) is 0. The summed E-state index contributed by atoms with van der Waals surface area (Å²) in [6.45, 7) is 2.07. The summed E-state index contributed by atoms with van der Waals surface area (Å²) < 4.78 is 0.818. The van der Waals surface area contributed by atoms with Crippen molar-refractivity contribution in [2.45, 2.75) is 6.92 Å². The molecule has 0 aliphatic carbocycles. The molecule has 0 aliphatic rings. The summed E-state index contributed by atoms with van der Waals surface area (Å²) >= 11 is 7.44. The fourth-order valence-corrected chi connectivity index (χ4v) is 2.30. The molecule has 2 aromatic heterocycles. The largest absolute Gasteiger partial charge is 0.264 e. The third-order valence-corrected chi connectivity index (χ3v) is 3.14. The van der Waals surface area contributed by atoms with Gasteiger partial charge in [-0.3, -0.25) is 4.98 Å². The fraction of sp³-hybridized carbons (Fsp3) is 0.100. The maximum absolute atomic E-state index is 5.86. The highest BCUT2D eigenvalue weighted by Gasteiger charge is 2.03. The van der Waals surface area contributed by atoms with E-state index in [9.17, 15) is 0 Å². The predicted molar refractivity (Wildman–Crippen MR) is 57.3 cm³/mol. The van der Waals surface area contributed by atoms with Gasteiger partial charge in [-0.05, 0) is 30.7 Å². The van der Waals surface area contributed by atoms with Gasteiger partial charge in [-0.2, -0.15) is 0 Å². The molecule has 0 amide bonds. The molecule has 0 saturated carbocycles. The van der Waals surface area contributed by atoms with E-state index >= 15 is 0 Å². The average molecular weight is 210 g/mol. The van der Waals surface area contributed by atoms with Gasteiger partial charge in [0.25, 0.3) is 0 Å². The van der Waals surface area contributed by atoms with Crippen molar-refractivity contribution < 1.29 is 0 Å². The molecular formula is C10H8ClNS. The van der Waals surface area contributed by atoms with Crippen LogP contribution in [0.2, 0.25) is 4.34 Å². The minimum Gasteiger partial charge on any atom is -0.264 e. The van der Waals surface area contributed by atoms with Crippen LogP contribution in [-0.4, -0.2) is 4.98 Å². The molecule has 0 fully saturated rings. The van der Waals surface area contributed by atoms with Gasteiger partial charge in [0.05, 0.1) is 4.34 Å². The SMILES string of the molecule is Cc1ccncc1-c1ccc(Cl)s1. The minimum atomic E-state index is 0.818. The van der Waals surface area contributed by atoms with Crippen LogP contribution in [-0.2, 0) is 0 Å². The minimum absolute atomic E-state index is 0.818. The molecule has 0 aromatic carbocycles. The Balaban J connectivity index is 2.52. The van der Waals surface area contributed by atoms with Gasteiger partial charge in [0.15, 0.2) is 0 Å². The Labute approximate surface area is 86.0 Å². The quantitative estimate of drug-likeness (QED) is 0.697. The topological polar surface area (TPSA) is 12.9 Å². The summed E-state index contributed by atoms with van der Waals surface area (Å²) in [4.78, 5) is 5.27. The summed E-state index contributed by atoms with van der Waals surface area (Å²) in [7, 11) is 0. The number of rotatable bonds is 1. The van der Waals surface area contributed by atoms with Gasteiger partial charge in [-0.25, -0.2) is 0 Å². The van der Waals surface area contributed by atoms with E-state index in [4.69, 9.17) is 11.6 Å². The van der Waals surface area contributed by atoms with E-state index in [0.717, 1.165) is 4.34 Å². The van der Waals surface area contributed by atoms with Crippen molar-refractivity contribution >= 4 is 22.9 Å². The van der Waals surface area contributed by atoms with Crippen LogP contribution in [0.3, 0.4) is 0 Å². The van der Waals surface area contributed by atoms with E-state index in [1.807, 2.05) is 24.4 Å². The number of pyridine rings is 1. The second-order valence-corrected chi connectivity index (χ2v) is 4.51. The van der Waals surface area contributed by atoms with Gasteiger partial charge in [0.1, 0.15) is 0 Å². The molecule has 2 heterocycles. The average Bonchev–Trinajstić information content (AvgIpc) is 2.53. The number of halogens is 1. The summed E-state index contributed by atoms with van der Waals surface area (Å²) in [6.07, 6.45) is 3.67. The standard InChI is InChI=1S/C10H8ClNS/c1-7-4-5-12-6-8(7)9-2-3-10(11)13-9/h2-6H,1H3. The third-order valence-electron chi connectivity index (χ3n) is 1.88. The molecule has 0 saturated heterocycles. The highest BCUT2D eigenvalue weighted by molar-refractivity contribution is 7.19. The maximum atomic E-state index is 5.86. The molecule has 0 spiro atoms. The highest BCUT2D eigenvalue weighted by atomic mass is 35.5. The fourth-order valence-electron chi connectivity index (χ4n) is 1.18. The molecule has 0 N–H and O–H groups in total. The second-order valence-electron chi connectivity index (χ2n) is 2.79. The first-order valence-electron chi connectivity index (χ1n) is 3.93. The van der Waals surface area contributed by atoms with Crippen molar-refractivity contribution in [3.63, 3.8) is 0 Å². The van der Waals surface area contributed by atoms with Crippen molar-refractivity contribution in [2.24, 2.45) is 0 Å². The lowest BCUT2D eigenvalue weighted by atomic mass is 10.1. The molecule has 2 rings (SSSR count). The Morgan fingerprint density at radius 2 is 2.15 bits per heavy atom. The Bertz CT molecular complexity index is 422. The van der Waals surface area contributed by atoms with Crippen LogP contribution in [0.5, 0.6) is 0 Å². The molecule has 1 nitrogen and oxygen atoms in total. The van der Waals surface area contributed by atoms with Gasteiger partial charge in [0.2, 0.25) is 0 Å². The number of aromatic nitrogens is 1. The summed E-state index contributed by atoms with van der Waals surface area (Å²) in [5.41, 5.74) is 2.40. The lowest BCUT2D eigenvalue weighted by molar-refractivity contribution is 1.29. The lowest BCUT2D eigenvalue weighted by Crippen LogP contribution is -1.80. The first-order chi connectivity index (χ1) is 6.27. The Hall–Kier alpha value is -0.860. The van der Waals surface area contributed by atoms with Gasteiger partial charge in [-0.1, -0.05) is 11.6 Å². The first kappa shape index (κ1) is 8.73. The van der Waals surface area contributed by atoms with Gasteiger partial charge in [0, 0.05) is 22.8 Å². The van der Waals surface area contributed by atoms with E-state index in [0.29, 0.717) is 0 Å². The van der Waals surface area contributed by atoms with Gasteiger partial charge < -0.3 is 0 Å². The molecule has 2 aromatic rings. The summed E-state index contributed by atoms with van der Waals surface area (Å²) in [5, 5.41) is 0. The predicted octanol–water partition coefficient (Wildman–Crippen LogP) is 3.77. The Kier molecular flexibility index (Phi) is 2.34. The zero-order valence-electron chi connectivity index (χ0n) is 7.12. The van der Waals surface area contributed by atoms with Crippen LogP contribution in [0.15, 0.2) is 30.6 Å². The van der Waals surface area contributed by atoms with E-state index in [1.54, 1.807) is 17.5 Å².